The molecule has 0 saturated heterocycles. The molecule has 0 saturated carbocycles. The quantitative estimate of drug-likeness (QED) is 0.824. The number of hydrogen-bond acceptors (Lipinski definition) is 3. The highest BCUT2D eigenvalue weighted by molar-refractivity contribution is 6.45. The van der Waals surface area contributed by atoms with Gasteiger partial charge in [-0.25, -0.2) is 4.98 Å². The number of carbonyl (C=O) groups excluding carboxylic acids is 1. The number of benzene rings is 1. The zero-order valence-electron chi connectivity index (χ0n) is 11.3. The van der Waals surface area contributed by atoms with Crippen LogP contribution in [0.5, 0.6) is 0 Å². The van der Waals surface area contributed by atoms with Crippen LogP contribution in [0.15, 0.2) is 24.3 Å². The Kier molecular flexibility index (Phi) is 4.93. The monoisotopic (exact) mass is 343 g/mol. The van der Waals surface area contributed by atoms with Gasteiger partial charge in [-0.05, 0) is 24.3 Å². The molecule has 2 aromatic rings. The summed E-state index contributed by atoms with van der Waals surface area (Å²) in [7, 11) is 3.25. The van der Waals surface area contributed by atoms with Gasteiger partial charge in [0.1, 0.15) is 11.5 Å². The number of nitrogens with zero attached hydrogens (tertiary/aromatic N) is 1. The number of aromatic nitrogens is 1. The molecule has 0 spiro atoms. The van der Waals surface area contributed by atoms with E-state index in [0.717, 1.165) is 0 Å². The van der Waals surface area contributed by atoms with Gasteiger partial charge in [0, 0.05) is 30.2 Å². The molecule has 0 fully saturated rings. The maximum absolute atomic E-state index is 11.6. The molecule has 0 aliphatic carbocycles. The number of halogens is 3. The molecule has 21 heavy (non-hydrogen) atoms. The molecule has 7 heteroatoms. The fourth-order valence-corrected chi connectivity index (χ4v) is 2.58. The zero-order chi connectivity index (χ0) is 15.6. The Morgan fingerprint density at radius 2 is 1.81 bits per heavy atom. The summed E-state index contributed by atoms with van der Waals surface area (Å²) >= 11 is 18.3. The number of anilines is 1. The minimum absolute atomic E-state index is 0.270. The SMILES string of the molecule is CNC(=O)c1ccc(-c2cc(Cl)cc(Cl)c2Cl)c(NC)n1. The third-order valence-corrected chi connectivity index (χ3v) is 3.90. The lowest BCUT2D eigenvalue weighted by atomic mass is 10.1. The van der Waals surface area contributed by atoms with Gasteiger partial charge in [0.25, 0.3) is 5.91 Å². The van der Waals surface area contributed by atoms with Crippen molar-refractivity contribution in [3.05, 3.63) is 45.0 Å². The first-order chi connectivity index (χ1) is 9.97. The van der Waals surface area contributed by atoms with Crippen LogP contribution in [-0.2, 0) is 0 Å². The number of amides is 1. The van der Waals surface area contributed by atoms with E-state index in [4.69, 9.17) is 34.8 Å². The van der Waals surface area contributed by atoms with E-state index in [1.165, 1.54) is 0 Å². The molecule has 4 nitrogen and oxygen atoms in total. The molecule has 1 heterocycles. The minimum atomic E-state index is -0.270. The Labute approximate surface area is 137 Å². The van der Waals surface area contributed by atoms with Gasteiger partial charge >= 0.3 is 0 Å². The first-order valence-corrected chi connectivity index (χ1v) is 7.17. The second kappa shape index (κ2) is 6.52. The summed E-state index contributed by atoms with van der Waals surface area (Å²) in [4.78, 5) is 15.9. The Bertz CT molecular complexity index is 704. The number of hydrogen-bond donors (Lipinski definition) is 2. The van der Waals surface area contributed by atoms with E-state index >= 15 is 0 Å². The van der Waals surface area contributed by atoms with Crippen LogP contribution in [0, 0.1) is 0 Å². The molecule has 1 amide bonds. The van der Waals surface area contributed by atoms with E-state index in [1.54, 1.807) is 38.4 Å². The van der Waals surface area contributed by atoms with Crippen LogP contribution in [-0.4, -0.2) is 25.0 Å². The van der Waals surface area contributed by atoms with Gasteiger partial charge in [-0.15, -0.1) is 0 Å². The van der Waals surface area contributed by atoms with E-state index in [0.29, 0.717) is 37.7 Å². The third kappa shape index (κ3) is 3.23. The van der Waals surface area contributed by atoms with Crippen molar-refractivity contribution in [3.8, 4) is 11.1 Å². The average Bonchev–Trinajstić information content (AvgIpc) is 2.49. The van der Waals surface area contributed by atoms with E-state index in [-0.39, 0.29) is 5.91 Å². The minimum Gasteiger partial charge on any atom is -0.373 e. The topological polar surface area (TPSA) is 54.0 Å². The maximum atomic E-state index is 11.6. The van der Waals surface area contributed by atoms with Crippen LogP contribution in [0.3, 0.4) is 0 Å². The van der Waals surface area contributed by atoms with E-state index < -0.39 is 0 Å². The lowest BCUT2D eigenvalue weighted by Crippen LogP contribution is -2.19. The van der Waals surface area contributed by atoms with E-state index in [9.17, 15) is 4.79 Å². The fourth-order valence-electron chi connectivity index (χ4n) is 1.87. The molecule has 0 atom stereocenters. The van der Waals surface area contributed by atoms with E-state index in [2.05, 4.69) is 15.6 Å². The van der Waals surface area contributed by atoms with Crippen LogP contribution in [0.1, 0.15) is 10.5 Å². The normalized spacial score (nSPS) is 10.3. The number of rotatable bonds is 3. The molecular weight excluding hydrogens is 333 g/mol. The molecule has 2 N–H and O–H groups in total. The average molecular weight is 345 g/mol. The summed E-state index contributed by atoms with van der Waals surface area (Å²) in [5.41, 5.74) is 1.66. The van der Waals surface area contributed by atoms with Crippen molar-refractivity contribution in [2.75, 3.05) is 19.4 Å². The predicted molar refractivity (Wildman–Crippen MR) is 87.6 cm³/mol. The molecule has 2 rings (SSSR count). The van der Waals surface area contributed by atoms with Gasteiger partial charge in [0.15, 0.2) is 0 Å². The summed E-state index contributed by atoms with van der Waals surface area (Å²) in [5.74, 6) is 0.240. The van der Waals surface area contributed by atoms with Crippen molar-refractivity contribution in [1.29, 1.82) is 0 Å². The van der Waals surface area contributed by atoms with Gasteiger partial charge in [-0.1, -0.05) is 34.8 Å². The maximum Gasteiger partial charge on any atom is 0.269 e. The Balaban J connectivity index is 2.62. The molecule has 0 aliphatic heterocycles. The summed E-state index contributed by atoms with van der Waals surface area (Å²) in [6.45, 7) is 0. The number of carbonyl (C=O) groups is 1. The molecular formula is C14H12Cl3N3O. The predicted octanol–water partition coefficient (Wildman–Crippen LogP) is 4.11. The summed E-state index contributed by atoms with van der Waals surface area (Å²) < 4.78 is 0. The highest BCUT2D eigenvalue weighted by Crippen LogP contribution is 2.38. The van der Waals surface area contributed by atoms with Crippen LogP contribution in [0.4, 0.5) is 5.82 Å². The van der Waals surface area contributed by atoms with E-state index in [1.807, 2.05) is 0 Å². The summed E-state index contributed by atoms with van der Waals surface area (Å²) in [6, 6.07) is 6.63. The van der Waals surface area contributed by atoms with Crippen molar-refractivity contribution in [1.82, 2.24) is 10.3 Å². The Morgan fingerprint density at radius 1 is 1.10 bits per heavy atom. The summed E-state index contributed by atoms with van der Waals surface area (Å²) in [5, 5.41) is 6.68. The first kappa shape index (κ1) is 15.9. The van der Waals surface area contributed by atoms with Gasteiger partial charge in [0.2, 0.25) is 0 Å². The molecule has 0 aliphatic rings. The Morgan fingerprint density at radius 3 is 2.43 bits per heavy atom. The third-order valence-electron chi connectivity index (χ3n) is 2.87. The second-order valence-electron chi connectivity index (χ2n) is 4.17. The largest absolute Gasteiger partial charge is 0.373 e. The van der Waals surface area contributed by atoms with Gasteiger partial charge < -0.3 is 10.6 Å². The molecule has 0 unspecified atom stereocenters. The lowest BCUT2D eigenvalue weighted by Gasteiger charge is -2.12. The van der Waals surface area contributed by atoms with Crippen molar-refractivity contribution in [3.63, 3.8) is 0 Å². The van der Waals surface area contributed by atoms with Gasteiger partial charge in [0.05, 0.1) is 10.0 Å². The molecule has 1 aromatic heterocycles. The van der Waals surface area contributed by atoms with Crippen LogP contribution < -0.4 is 10.6 Å². The molecule has 0 bridgehead atoms. The van der Waals surface area contributed by atoms with Crippen molar-refractivity contribution in [2.24, 2.45) is 0 Å². The highest BCUT2D eigenvalue weighted by Gasteiger charge is 2.15. The molecule has 0 radical (unpaired) electrons. The fraction of sp³-hybridized carbons (Fsp3) is 0.143. The molecule has 1 aromatic carbocycles. The summed E-state index contributed by atoms with van der Waals surface area (Å²) in [6.07, 6.45) is 0. The van der Waals surface area contributed by atoms with Crippen molar-refractivity contribution < 1.29 is 4.79 Å². The van der Waals surface area contributed by atoms with Gasteiger partial charge in [-0.3, -0.25) is 4.79 Å². The van der Waals surface area contributed by atoms with Crippen LogP contribution >= 0.6 is 34.8 Å². The van der Waals surface area contributed by atoms with Crippen LogP contribution in [0.2, 0.25) is 15.1 Å². The lowest BCUT2D eigenvalue weighted by molar-refractivity contribution is 0.0958. The first-order valence-electron chi connectivity index (χ1n) is 6.03. The second-order valence-corrected chi connectivity index (χ2v) is 5.39. The number of pyridine rings is 1. The van der Waals surface area contributed by atoms with Crippen molar-refractivity contribution >= 4 is 46.5 Å². The highest BCUT2D eigenvalue weighted by atomic mass is 35.5. The number of nitrogens with one attached hydrogen (secondary N) is 2. The molecule has 110 valence electrons. The standard InChI is InChI=1S/C14H12Cl3N3O/c1-18-13-8(3-4-11(20-13)14(21)19-2)9-5-7(15)6-10(16)12(9)17/h3-6H,1-2H3,(H,18,20)(H,19,21). The van der Waals surface area contributed by atoms with Crippen LogP contribution in [0.25, 0.3) is 11.1 Å². The Hall–Kier alpha value is -1.49. The smallest absolute Gasteiger partial charge is 0.269 e. The van der Waals surface area contributed by atoms with Crippen molar-refractivity contribution in [2.45, 2.75) is 0 Å². The van der Waals surface area contributed by atoms with Gasteiger partial charge in [-0.2, -0.15) is 0 Å². The zero-order valence-corrected chi connectivity index (χ0v) is 13.6.